The Morgan fingerprint density at radius 3 is 2.55 bits per heavy atom. The summed E-state index contributed by atoms with van der Waals surface area (Å²) in [6.07, 6.45) is 2.87. The molecule has 0 aliphatic rings. The zero-order valence-corrected chi connectivity index (χ0v) is 12.6. The maximum absolute atomic E-state index is 4.54. The van der Waals surface area contributed by atoms with Gasteiger partial charge in [-0.05, 0) is 31.9 Å². The summed E-state index contributed by atoms with van der Waals surface area (Å²) in [7, 11) is 0. The number of hydrogen-bond acceptors (Lipinski definition) is 4. The smallest absolute Gasteiger partial charge is 0.133 e. The zero-order valence-electron chi connectivity index (χ0n) is 12.6. The molecular weight excluding hydrogens is 248 g/mol. The number of aromatic nitrogens is 3. The SMILES string of the molecule is Cc1ccc(CCNc2cc(C)nc(C(C)C)n2)cn1. The van der Waals surface area contributed by atoms with Gasteiger partial charge in [0.1, 0.15) is 11.6 Å². The molecule has 0 atom stereocenters. The number of hydrogen-bond donors (Lipinski definition) is 1. The number of nitrogens with one attached hydrogen (secondary N) is 1. The fourth-order valence-corrected chi connectivity index (χ4v) is 1.92. The van der Waals surface area contributed by atoms with Crippen molar-refractivity contribution in [2.75, 3.05) is 11.9 Å². The molecule has 0 bridgehead atoms. The van der Waals surface area contributed by atoms with E-state index in [2.05, 4.69) is 40.2 Å². The van der Waals surface area contributed by atoms with E-state index in [1.807, 2.05) is 32.2 Å². The Bertz CT molecular complexity index is 561. The van der Waals surface area contributed by atoms with E-state index in [1.54, 1.807) is 0 Å². The third-order valence-electron chi connectivity index (χ3n) is 3.08. The van der Waals surface area contributed by atoms with Crippen molar-refractivity contribution in [3.05, 3.63) is 47.2 Å². The van der Waals surface area contributed by atoms with Crippen LogP contribution in [0.2, 0.25) is 0 Å². The number of pyridine rings is 1. The lowest BCUT2D eigenvalue weighted by atomic mass is 10.2. The van der Waals surface area contributed by atoms with Crippen LogP contribution >= 0.6 is 0 Å². The molecule has 0 unspecified atom stereocenters. The van der Waals surface area contributed by atoms with Crippen molar-refractivity contribution in [2.24, 2.45) is 0 Å². The molecule has 0 aliphatic heterocycles. The third-order valence-corrected chi connectivity index (χ3v) is 3.08. The monoisotopic (exact) mass is 270 g/mol. The molecule has 1 N–H and O–H groups in total. The van der Waals surface area contributed by atoms with Crippen molar-refractivity contribution >= 4 is 5.82 Å². The Morgan fingerprint density at radius 2 is 1.90 bits per heavy atom. The van der Waals surface area contributed by atoms with Gasteiger partial charge in [0, 0.05) is 36.1 Å². The molecule has 0 saturated heterocycles. The minimum Gasteiger partial charge on any atom is -0.370 e. The summed E-state index contributed by atoms with van der Waals surface area (Å²) in [6.45, 7) is 9.06. The molecule has 2 aromatic rings. The van der Waals surface area contributed by atoms with Gasteiger partial charge >= 0.3 is 0 Å². The Balaban J connectivity index is 1.95. The zero-order chi connectivity index (χ0) is 14.5. The van der Waals surface area contributed by atoms with Gasteiger partial charge < -0.3 is 5.32 Å². The summed E-state index contributed by atoms with van der Waals surface area (Å²) >= 11 is 0. The van der Waals surface area contributed by atoms with Crippen molar-refractivity contribution in [3.8, 4) is 0 Å². The van der Waals surface area contributed by atoms with Gasteiger partial charge in [-0.2, -0.15) is 0 Å². The highest BCUT2D eigenvalue weighted by atomic mass is 15.0. The molecule has 4 heteroatoms. The quantitative estimate of drug-likeness (QED) is 0.906. The number of nitrogens with zero attached hydrogens (tertiary/aromatic N) is 3. The van der Waals surface area contributed by atoms with Gasteiger partial charge in [0.15, 0.2) is 0 Å². The Labute approximate surface area is 120 Å². The van der Waals surface area contributed by atoms with Crippen LogP contribution in [0.4, 0.5) is 5.82 Å². The minimum absolute atomic E-state index is 0.344. The van der Waals surface area contributed by atoms with E-state index in [-0.39, 0.29) is 0 Å². The Morgan fingerprint density at radius 1 is 1.10 bits per heavy atom. The lowest BCUT2D eigenvalue weighted by Crippen LogP contribution is -2.09. The first-order chi connectivity index (χ1) is 9.54. The lowest BCUT2D eigenvalue weighted by Gasteiger charge is -2.10. The van der Waals surface area contributed by atoms with E-state index < -0.39 is 0 Å². The van der Waals surface area contributed by atoms with Crippen molar-refractivity contribution in [1.82, 2.24) is 15.0 Å². The Hall–Kier alpha value is -1.97. The van der Waals surface area contributed by atoms with E-state index in [9.17, 15) is 0 Å². The molecule has 0 aliphatic carbocycles. The second-order valence-electron chi connectivity index (χ2n) is 5.39. The van der Waals surface area contributed by atoms with Gasteiger partial charge in [-0.15, -0.1) is 0 Å². The fraction of sp³-hybridized carbons (Fsp3) is 0.438. The van der Waals surface area contributed by atoms with Crippen LogP contribution in [0.15, 0.2) is 24.4 Å². The second kappa shape index (κ2) is 6.46. The maximum atomic E-state index is 4.54. The van der Waals surface area contributed by atoms with Crippen LogP contribution in [-0.4, -0.2) is 21.5 Å². The van der Waals surface area contributed by atoms with Gasteiger partial charge in [0.2, 0.25) is 0 Å². The predicted octanol–water partition coefficient (Wildman–Crippen LogP) is 3.27. The molecule has 0 saturated carbocycles. The topological polar surface area (TPSA) is 50.7 Å². The van der Waals surface area contributed by atoms with Crippen molar-refractivity contribution in [1.29, 1.82) is 0 Å². The minimum atomic E-state index is 0.344. The first kappa shape index (κ1) is 14.4. The molecule has 0 spiro atoms. The summed E-state index contributed by atoms with van der Waals surface area (Å²) in [6, 6.07) is 6.15. The van der Waals surface area contributed by atoms with Crippen LogP contribution in [0.3, 0.4) is 0 Å². The summed E-state index contributed by atoms with van der Waals surface area (Å²) in [5, 5.41) is 3.36. The number of anilines is 1. The second-order valence-corrected chi connectivity index (χ2v) is 5.39. The van der Waals surface area contributed by atoms with Gasteiger partial charge in [-0.1, -0.05) is 19.9 Å². The molecule has 0 aromatic carbocycles. The molecule has 4 nitrogen and oxygen atoms in total. The third kappa shape index (κ3) is 4.02. The predicted molar refractivity (Wildman–Crippen MR) is 82.0 cm³/mol. The van der Waals surface area contributed by atoms with Crippen LogP contribution in [0.25, 0.3) is 0 Å². The highest BCUT2D eigenvalue weighted by Crippen LogP contribution is 2.13. The van der Waals surface area contributed by atoms with Crippen molar-refractivity contribution in [3.63, 3.8) is 0 Å². The van der Waals surface area contributed by atoms with Gasteiger partial charge in [-0.25, -0.2) is 9.97 Å². The number of rotatable bonds is 5. The van der Waals surface area contributed by atoms with E-state index in [0.717, 1.165) is 36.0 Å². The summed E-state index contributed by atoms with van der Waals surface area (Å²) in [4.78, 5) is 13.3. The normalized spacial score (nSPS) is 10.8. The van der Waals surface area contributed by atoms with Gasteiger partial charge in [-0.3, -0.25) is 4.98 Å². The summed E-state index contributed by atoms with van der Waals surface area (Å²) in [5.74, 6) is 2.14. The molecule has 0 radical (unpaired) electrons. The standard InChI is InChI=1S/C16H22N4/c1-11(2)16-19-13(4)9-15(20-16)17-8-7-14-6-5-12(3)18-10-14/h5-6,9-11H,7-8H2,1-4H3,(H,17,19,20). The lowest BCUT2D eigenvalue weighted by molar-refractivity contribution is 0.766. The molecule has 20 heavy (non-hydrogen) atoms. The Kier molecular flexibility index (Phi) is 4.66. The highest BCUT2D eigenvalue weighted by molar-refractivity contribution is 5.36. The van der Waals surface area contributed by atoms with Crippen LogP contribution in [0.5, 0.6) is 0 Å². The summed E-state index contributed by atoms with van der Waals surface area (Å²) in [5.41, 5.74) is 3.29. The van der Waals surface area contributed by atoms with E-state index >= 15 is 0 Å². The molecule has 2 heterocycles. The van der Waals surface area contributed by atoms with Gasteiger partial charge in [0.05, 0.1) is 0 Å². The first-order valence-electron chi connectivity index (χ1n) is 7.05. The van der Waals surface area contributed by atoms with Crippen molar-refractivity contribution in [2.45, 2.75) is 40.0 Å². The van der Waals surface area contributed by atoms with Crippen molar-refractivity contribution < 1.29 is 0 Å². The molecule has 2 rings (SSSR count). The van der Waals surface area contributed by atoms with E-state index in [4.69, 9.17) is 0 Å². The van der Waals surface area contributed by atoms with Gasteiger partial charge in [0.25, 0.3) is 0 Å². The van der Waals surface area contributed by atoms with E-state index in [1.165, 1.54) is 5.56 Å². The largest absolute Gasteiger partial charge is 0.370 e. The highest BCUT2D eigenvalue weighted by Gasteiger charge is 2.05. The molecule has 106 valence electrons. The maximum Gasteiger partial charge on any atom is 0.133 e. The first-order valence-corrected chi connectivity index (χ1v) is 7.05. The van der Waals surface area contributed by atoms with Crippen LogP contribution in [0.1, 0.15) is 42.5 Å². The van der Waals surface area contributed by atoms with E-state index in [0.29, 0.717) is 5.92 Å². The molecule has 0 amide bonds. The van der Waals surface area contributed by atoms with Crippen LogP contribution in [-0.2, 0) is 6.42 Å². The average molecular weight is 270 g/mol. The molecule has 2 aromatic heterocycles. The van der Waals surface area contributed by atoms with Crippen LogP contribution < -0.4 is 5.32 Å². The molecule has 0 fully saturated rings. The van der Waals surface area contributed by atoms with Crippen LogP contribution in [0, 0.1) is 13.8 Å². The number of aryl methyl sites for hydroxylation is 2. The molecular formula is C16H22N4. The summed E-state index contributed by atoms with van der Waals surface area (Å²) < 4.78 is 0. The average Bonchev–Trinajstić information content (AvgIpc) is 2.40. The fourth-order valence-electron chi connectivity index (χ4n) is 1.92.